The summed E-state index contributed by atoms with van der Waals surface area (Å²) < 4.78 is 10.2. The average Bonchev–Trinajstić information content (AvgIpc) is 2.41. The number of methoxy groups -OCH3 is 1. The summed E-state index contributed by atoms with van der Waals surface area (Å²) in [5, 5.41) is 0. The van der Waals surface area contributed by atoms with E-state index in [0.717, 1.165) is 25.9 Å². The van der Waals surface area contributed by atoms with Gasteiger partial charge in [0.1, 0.15) is 0 Å². The first-order valence-electron chi connectivity index (χ1n) is 4.64. The van der Waals surface area contributed by atoms with Gasteiger partial charge in [-0.25, -0.2) is 0 Å². The predicted molar refractivity (Wildman–Crippen MR) is 46.0 cm³/mol. The van der Waals surface area contributed by atoms with E-state index in [0.29, 0.717) is 0 Å². The summed E-state index contributed by atoms with van der Waals surface area (Å²) in [5.74, 6) is -0.356. The van der Waals surface area contributed by atoms with Gasteiger partial charge in [0.15, 0.2) is 0 Å². The van der Waals surface area contributed by atoms with Gasteiger partial charge in [-0.1, -0.05) is 0 Å². The lowest BCUT2D eigenvalue weighted by molar-refractivity contribution is -0.155. The molecule has 4 nitrogen and oxygen atoms in total. The predicted octanol–water partition coefficient (Wildman–Crippen LogP) is 0.0558. The van der Waals surface area contributed by atoms with Crippen LogP contribution in [0.3, 0.4) is 0 Å². The van der Waals surface area contributed by atoms with Crippen molar-refractivity contribution in [3.8, 4) is 0 Å². The van der Waals surface area contributed by atoms with Crippen LogP contribution in [0.4, 0.5) is 0 Å². The highest BCUT2D eigenvalue weighted by Crippen LogP contribution is 2.44. The van der Waals surface area contributed by atoms with Gasteiger partial charge in [-0.05, 0) is 19.3 Å². The van der Waals surface area contributed by atoms with Gasteiger partial charge in [-0.15, -0.1) is 0 Å². The van der Waals surface area contributed by atoms with Gasteiger partial charge in [-0.3, -0.25) is 4.79 Å². The van der Waals surface area contributed by atoms with E-state index in [9.17, 15) is 4.79 Å². The highest BCUT2D eigenvalue weighted by Gasteiger charge is 2.51. The van der Waals surface area contributed by atoms with Crippen LogP contribution in [0.1, 0.15) is 19.3 Å². The molecule has 0 aromatic carbocycles. The Morgan fingerprint density at radius 3 is 2.69 bits per heavy atom. The molecular weight excluding hydrogens is 170 g/mol. The van der Waals surface area contributed by atoms with E-state index in [1.807, 2.05) is 0 Å². The zero-order valence-electron chi connectivity index (χ0n) is 7.79. The van der Waals surface area contributed by atoms with Crippen molar-refractivity contribution in [1.82, 2.24) is 0 Å². The molecule has 3 atom stereocenters. The Hall–Kier alpha value is -0.610. The first-order valence-corrected chi connectivity index (χ1v) is 4.64. The number of carbonyl (C=O) groups excluding carboxylic acids is 1. The molecule has 74 valence electrons. The molecule has 1 aliphatic carbocycles. The standard InChI is InChI=1S/C9H15NO3/c1-12-8(11)6-4-9(2-3-13-9)5-7(6)10/h6-7H,2-5,10H2,1H3. The summed E-state index contributed by atoms with van der Waals surface area (Å²) in [7, 11) is 1.40. The number of nitrogens with two attached hydrogens (primary N) is 1. The molecule has 1 aliphatic heterocycles. The van der Waals surface area contributed by atoms with Crippen molar-refractivity contribution in [1.29, 1.82) is 0 Å². The van der Waals surface area contributed by atoms with Crippen molar-refractivity contribution in [2.24, 2.45) is 11.7 Å². The number of esters is 1. The van der Waals surface area contributed by atoms with Gasteiger partial charge in [0, 0.05) is 6.04 Å². The van der Waals surface area contributed by atoms with Crippen molar-refractivity contribution in [3.63, 3.8) is 0 Å². The van der Waals surface area contributed by atoms with Crippen LogP contribution in [-0.2, 0) is 14.3 Å². The second kappa shape index (κ2) is 2.96. The fraction of sp³-hybridized carbons (Fsp3) is 0.889. The maximum Gasteiger partial charge on any atom is 0.310 e. The quantitative estimate of drug-likeness (QED) is 0.587. The molecule has 0 bridgehead atoms. The molecule has 0 radical (unpaired) electrons. The maximum atomic E-state index is 11.3. The molecule has 1 heterocycles. The highest BCUT2D eigenvalue weighted by atomic mass is 16.5. The van der Waals surface area contributed by atoms with Crippen LogP contribution in [0.15, 0.2) is 0 Å². The van der Waals surface area contributed by atoms with Crippen LogP contribution in [0, 0.1) is 5.92 Å². The van der Waals surface area contributed by atoms with Gasteiger partial charge >= 0.3 is 5.97 Å². The monoisotopic (exact) mass is 185 g/mol. The van der Waals surface area contributed by atoms with Crippen LogP contribution < -0.4 is 5.73 Å². The van der Waals surface area contributed by atoms with Crippen LogP contribution in [0.5, 0.6) is 0 Å². The van der Waals surface area contributed by atoms with E-state index in [2.05, 4.69) is 0 Å². The molecule has 4 heteroatoms. The third-order valence-electron chi connectivity index (χ3n) is 3.19. The minimum absolute atomic E-state index is 0.0850. The van der Waals surface area contributed by atoms with Crippen molar-refractivity contribution in [3.05, 3.63) is 0 Å². The smallest absolute Gasteiger partial charge is 0.310 e. The SMILES string of the molecule is COC(=O)C1CC2(CCO2)CC1N. The second-order valence-electron chi connectivity index (χ2n) is 3.98. The van der Waals surface area contributed by atoms with Crippen molar-refractivity contribution in [2.45, 2.75) is 30.9 Å². The molecule has 0 amide bonds. The summed E-state index contributed by atoms with van der Waals surface area (Å²) in [6, 6.07) is -0.0900. The molecule has 2 rings (SSSR count). The highest BCUT2D eigenvalue weighted by molar-refractivity contribution is 5.73. The Kier molecular flexibility index (Phi) is 2.04. The van der Waals surface area contributed by atoms with E-state index in [-0.39, 0.29) is 23.5 Å². The summed E-state index contributed by atoms with van der Waals surface area (Å²) in [6.45, 7) is 0.806. The van der Waals surface area contributed by atoms with Crippen LogP contribution in [-0.4, -0.2) is 31.3 Å². The van der Waals surface area contributed by atoms with Gasteiger partial charge < -0.3 is 15.2 Å². The molecule has 0 aromatic heterocycles. The first-order chi connectivity index (χ1) is 6.17. The number of hydrogen-bond acceptors (Lipinski definition) is 4. The van der Waals surface area contributed by atoms with Crippen LogP contribution >= 0.6 is 0 Å². The normalized spacial score (nSPS) is 43.2. The van der Waals surface area contributed by atoms with E-state index in [4.69, 9.17) is 15.2 Å². The summed E-state index contributed by atoms with van der Waals surface area (Å²) in [4.78, 5) is 11.3. The lowest BCUT2D eigenvalue weighted by Gasteiger charge is -2.38. The van der Waals surface area contributed by atoms with Crippen molar-refractivity contribution < 1.29 is 14.3 Å². The zero-order chi connectivity index (χ0) is 9.47. The Balaban J connectivity index is 2.03. The van der Waals surface area contributed by atoms with E-state index >= 15 is 0 Å². The molecule has 1 saturated carbocycles. The fourth-order valence-electron chi connectivity index (χ4n) is 2.33. The largest absolute Gasteiger partial charge is 0.469 e. The molecule has 0 aromatic rings. The van der Waals surface area contributed by atoms with Crippen LogP contribution in [0.2, 0.25) is 0 Å². The van der Waals surface area contributed by atoms with Gasteiger partial charge in [-0.2, -0.15) is 0 Å². The van der Waals surface area contributed by atoms with Crippen molar-refractivity contribution >= 4 is 5.97 Å². The number of hydrogen-bond donors (Lipinski definition) is 1. The molecular formula is C9H15NO3. The Bertz CT molecular complexity index is 225. The van der Waals surface area contributed by atoms with Gasteiger partial charge in [0.05, 0.1) is 25.2 Å². The third-order valence-corrected chi connectivity index (χ3v) is 3.19. The summed E-state index contributed by atoms with van der Waals surface area (Å²) in [6.07, 6.45) is 2.57. The number of carbonyl (C=O) groups is 1. The lowest BCUT2D eigenvalue weighted by Crippen LogP contribution is -2.42. The molecule has 2 aliphatic rings. The molecule has 2 N–H and O–H groups in total. The molecule has 2 fully saturated rings. The Labute approximate surface area is 77.4 Å². The molecule has 1 saturated heterocycles. The van der Waals surface area contributed by atoms with Gasteiger partial charge in [0.25, 0.3) is 0 Å². The Morgan fingerprint density at radius 2 is 2.31 bits per heavy atom. The fourth-order valence-corrected chi connectivity index (χ4v) is 2.33. The second-order valence-corrected chi connectivity index (χ2v) is 3.98. The third kappa shape index (κ3) is 1.34. The van der Waals surface area contributed by atoms with E-state index < -0.39 is 0 Å². The topological polar surface area (TPSA) is 61.5 Å². The number of rotatable bonds is 1. The lowest BCUT2D eigenvalue weighted by atomic mass is 9.92. The van der Waals surface area contributed by atoms with Crippen molar-refractivity contribution in [2.75, 3.05) is 13.7 Å². The first kappa shape index (κ1) is 8.97. The molecule has 13 heavy (non-hydrogen) atoms. The minimum Gasteiger partial charge on any atom is -0.469 e. The maximum absolute atomic E-state index is 11.3. The minimum atomic E-state index is -0.195. The Morgan fingerprint density at radius 1 is 1.62 bits per heavy atom. The van der Waals surface area contributed by atoms with Gasteiger partial charge in [0.2, 0.25) is 0 Å². The average molecular weight is 185 g/mol. The molecule has 3 unspecified atom stereocenters. The van der Waals surface area contributed by atoms with E-state index in [1.54, 1.807) is 0 Å². The van der Waals surface area contributed by atoms with E-state index in [1.165, 1.54) is 7.11 Å². The van der Waals surface area contributed by atoms with Crippen LogP contribution in [0.25, 0.3) is 0 Å². The molecule has 1 spiro atoms. The summed E-state index contributed by atoms with van der Waals surface area (Å²) in [5.41, 5.74) is 5.77. The number of ether oxygens (including phenoxy) is 2. The zero-order valence-corrected chi connectivity index (χ0v) is 7.79. The summed E-state index contributed by atoms with van der Waals surface area (Å²) >= 11 is 0.